The molecule has 3 atom stereocenters. The number of hydrogen-bond donors (Lipinski definition) is 0. The molecule has 0 aromatic rings. The highest BCUT2D eigenvalue weighted by atomic mass is 35.5. The summed E-state index contributed by atoms with van der Waals surface area (Å²) < 4.78 is 0. The van der Waals surface area contributed by atoms with E-state index in [9.17, 15) is 0 Å². The van der Waals surface area contributed by atoms with E-state index >= 15 is 0 Å². The van der Waals surface area contributed by atoms with Crippen molar-refractivity contribution in [2.24, 2.45) is 17.3 Å². The van der Waals surface area contributed by atoms with Gasteiger partial charge < -0.3 is 0 Å². The molecule has 0 spiro atoms. The first-order chi connectivity index (χ1) is 6.30. The second kappa shape index (κ2) is 4.02. The largest absolute Gasteiger partial charge is 0.165 e. The van der Waals surface area contributed by atoms with Gasteiger partial charge in [-0.15, -0.1) is 11.6 Å². The molecular weight excluding hydrogens is 200 g/mol. The molecule has 0 N–H and O–H groups in total. The lowest BCUT2D eigenvalue weighted by Crippen LogP contribution is -2.30. The van der Waals surface area contributed by atoms with Gasteiger partial charge in [-0.25, -0.2) is 0 Å². The Balaban J connectivity index is 1.99. The van der Waals surface area contributed by atoms with E-state index in [0.717, 1.165) is 17.7 Å². The molecule has 13 heavy (non-hydrogen) atoms. The molecule has 2 bridgehead atoms. The molecule has 0 amide bonds. The fourth-order valence-electron chi connectivity index (χ4n) is 3.40. The maximum Gasteiger partial charge on any atom is 0.0283 e. The summed E-state index contributed by atoms with van der Waals surface area (Å²) in [6.07, 6.45) is 9.44. The van der Waals surface area contributed by atoms with E-state index in [1.54, 1.807) is 0 Å². The molecule has 0 heterocycles. The molecule has 76 valence electrons. The number of fused-ring (bicyclic) bond motifs is 2. The van der Waals surface area contributed by atoms with Crippen molar-refractivity contribution in [3.63, 3.8) is 0 Å². The lowest BCUT2D eigenvalue weighted by Gasteiger charge is -2.36. The zero-order chi connectivity index (χ0) is 9.31. The zero-order valence-electron chi connectivity index (χ0n) is 8.39. The van der Waals surface area contributed by atoms with Crippen LogP contribution in [0.2, 0.25) is 0 Å². The van der Waals surface area contributed by atoms with Gasteiger partial charge >= 0.3 is 0 Å². The second-order valence-electron chi connectivity index (χ2n) is 4.82. The van der Waals surface area contributed by atoms with Crippen LogP contribution in [0.4, 0.5) is 0 Å². The number of alkyl halides is 1. The van der Waals surface area contributed by atoms with Gasteiger partial charge in [0, 0.05) is 5.88 Å². The van der Waals surface area contributed by atoms with Crippen molar-refractivity contribution in [2.75, 3.05) is 17.9 Å². The van der Waals surface area contributed by atoms with E-state index in [-0.39, 0.29) is 0 Å². The van der Waals surface area contributed by atoms with Gasteiger partial charge in [-0.1, -0.05) is 6.42 Å². The molecule has 2 aliphatic carbocycles. The highest BCUT2D eigenvalue weighted by Gasteiger charge is 2.49. The summed E-state index contributed by atoms with van der Waals surface area (Å²) in [5.74, 6) is 4.22. The Kier molecular flexibility index (Phi) is 3.14. The minimum atomic E-state index is 0.549. The van der Waals surface area contributed by atoms with Crippen LogP contribution >= 0.6 is 23.4 Å². The third-order valence-corrected chi connectivity index (χ3v) is 5.32. The van der Waals surface area contributed by atoms with Crippen LogP contribution in [0, 0.1) is 17.3 Å². The van der Waals surface area contributed by atoms with E-state index in [1.807, 2.05) is 11.8 Å². The predicted octanol–water partition coefficient (Wildman–Crippen LogP) is 3.78. The summed E-state index contributed by atoms with van der Waals surface area (Å²) in [4.78, 5) is 0. The molecule has 2 saturated carbocycles. The Labute approximate surface area is 90.8 Å². The van der Waals surface area contributed by atoms with Crippen molar-refractivity contribution >= 4 is 23.4 Å². The monoisotopic (exact) mass is 218 g/mol. The first-order valence-corrected chi connectivity index (χ1v) is 7.28. The van der Waals surface area contributed by atoms with E-state index < -0.39 is 0 Å². The average Bonchev–Trinajstić information content (AvgIpc) is 2.74. The molecular formula is C11H19ClS. The molecule has 2 heteroatoms. The van der Waals surface area contributed by atoms with Crippen molar-refractivity contribution in [3.05, 3.63) is 0 Å². The van der Waals surface area contributed by atoms with Crippen LogP contribution in [0.25, 0.3) is 0 Å². The fourth-order valence-corrected chi connectivity index (χ4v) is 4.47. The van der Waals surface area contributed by atoms with Gasteiger partial charge in [0.2, 0.25) is 0 Å². The Hall–Kier alpha value is 0.640. The summed E-state index contributed by atoms with van der Waals surface area (Å²) in [6, 6.07) is 0. The standard InChI is InChI=1S/C11H19ClS/c1-13-5-4-11(8-12)7-9-2-3-10(11)6-9/h9-10H,2-8H2,1H3. The minimum Gasteiger partial charge on any atom is -0.165 e. The van der Waals surface area contributed by atoms with Crippen LogP contribution in [0.1, 0.15) is 32.1 Å². The summed E-state index contributed by atoms with van der Waals surface area (Å²) in [6.45, 7) is 0. The Morgan fingerprint density at radius 3 is 2.77 bits per heavy atom. The minimum absolute atomic E-state index is 0.549. The van der Waals surface area contributed by atoms with Gasteiger partial charge in [-0.2, -0.15) is 11.8 Å². The van der Waals surface area contributed by atoms with Crippen LogP contribution in [0.5, 0.6) is 0 Å². The van der Waals surface area contributed by atoms with Gasteiger partial charge in [-0.05, 0) is 54.9 Å². The van der Waals surface area contributed by atoms with Crippen molar-refractivity contribution < 1.29 is 0 Å². The SMILES string of the molecule is CSCCC1(CCl)CC2CCC1C2. The Morgan fingerprint density at radius 1 is 1.46 bits per heavy atom. The summed E-state index contributed by atoms with van der Waals surface area (Å²) in [5.41, 5.74) is 0.549. The molecule has 2 rings (SSSR count). The first kappa shape index (κ1) is 10.2. The molecule has 0 aromatic heterocycles. The van der Waals surface area contributed by atoms with Crippen LogP contribution in [-0.4, -0.2) is 17.9 Å². The van der Waals surface area contributed by atoms with Crippen LogP contribution in [0.3, 0.4) is 0 Å². The van der Waals surface area contributed by atoms with Crippen LogP contribution in [0.15, 0.2) is 0 Å². The molecule has 0 nitrogen and oxygen atoms in total. The quantitative estimate of drug-likeness (QED) is 0.648. The van der Waals surface area contributed by atoms with Gasteiger partial charge in [0.1, 0.15) is 0 Å². The topological polar surface area (TPSA) is 0 Å². The van der Waals surface area contributed by atoms with Gasteiger partial charge in [-0.3, -0.25) is 0 Å². The molecule has 2 aliphatic rings. The molecule has 0 saturated heterocycles. The maximum atomic E-state index is 6.19. The lowest BCUT2D eigenvalue weighted by molar-refractivity contribution is 0.188. The van der Waals surface area contributed by atoms with Crippen molar-refractivity contribution in [2.45, 2.75) is 32.1 Å². The third kappa shape index (κ3) is 1.74. The number of rotatable bonds is 4. The molecule has 2 fully saturated rings. The second-order valence-corrected chi connectivity index (χ2v) is 6.07. The number of hydrogen-bond acceptors (Lipinski definition) is 1. The Morgan fingerprint density at radius 2 is 2.31 bits per heavy atom. The fraction of sp³-hybridized carbons (Fsp3) is 1.00. The lowest BCUT2D eigenvalue weighted by atomic mass is 9.73. The van der Waals surface area contributed by atoms with E-state index in [1.165, 1.54) is 37.9 Å². The summed E-state index contributed by atoms with van der Waals surface area (Å²) in [5, 5.41) is 0. The van der Waals surface area contributed by atoms with Crippen LogP contribution in [-0.2, 0) is 0 Å². The zero-order valence-corrected chi connectivity index (χ0v) is 9.96. The van der Waals surface area contributed by atoms with Crippen molar-refractivity contribution in [1.82, 2.24) is 0 Å². The van der Waals surface area contributed by atoms with Crippen LogP contribution < -0.4 is 0 Å². The summed E-state index contributed by atoms with van der Waals surface area (Å²) in [7, 11) is 0. The normalized spacial score (nSPS) is 42.9. The summed E-state index contributed by atoms with van der Waals surface area (Å²) >= 11 is 8.16. The molecule has 0 aliphatic heterocycles. The molecule has 0 radical (unpaired) electrons. The number of halogens is 1. The predicted molar refractivity (Wildman–Crippen MR) is 61.6 cm³/mol. The maximum absolute atomic E-state index is 6.19. The van der Waals surface area contributed by atoms with Gasteiger partial charge in [0.25, 0.3) is 0 Å². The van der Waals surface area contributed by atoms with E-state index in [4.69, 9.17) is 11.6 Å². The highest BCUT2D eigenvalue weighted by Crippen LogP contribution is 2.58. The van der Waals surface area contributed by atoms with E-state index in [2.05, 4.69) is 6.26 Å². The molecule has 3 unspecified atom stereocenters. The van der Waals surface area contributed by atoms with E-state index in [0.29, 0.717) is 5.41 Å². The average molecular weight is 219 g/mol. The van der Waals surface area contributed by atoms with Gasteiger partial charge in [0.15, 0.2) is 0 Å². The highest BCUT2D eigenvalue weighted by molar-refractivity contribution is 7.98. The van der Waals surface area contributed by atoms with Crippen molar-refractivity contribution in [3.8, 4) is 0 Å². The number of thioether (sulfide) groups is 1. The third-order valence-electron chi connectivity index (χ3n) is 4.17. The van der Waals surface area contributed by atoms with Gasteiger partial charge in [0.05, 0.1) is 0 Å². The Bertz CT molecular complexity index is 183. The smallest absolute Gasteiger partial charge is 0.0283 e. The van der Waals surface area contributed by atoms with Crippen molar-refractivity contribution in [1.29, 1.82) is 0 Å². The molecule has 0 aromatic carbocycles. The first-order valence-electron chi connectivity index (χ1n) is 5.35.